The molecule has 0 unspecified atom stereocenters. The summed E-state index contributed by atoms with van der Waals surface area (Å²) in [5.74, 6) is -0.349. The molecule has 0 nitrogen and oxygen atoms in total. The molecule has 14 heavy (non-hydrogen) atoms. The van der Waals surface area contributed by atoms with E-state index >= 15 is 0 Å². The summed E-state index contributed by atoms with van der Waals surface area (Å²) in [6, 6.07) is 4.90. The van der Waals surface area contributed by atoms with Crippen molar-refractivity contribution in [1.82, 2.24) is 0 Å². The van der Waals surface area contributed by atoms with Crippen LogP contribution in [-0.4, -0.2) is 5.33 Å². The fourth-order valence-corrected chi connectivity index (χ4v) is 1.45. The molecular formula is C11H11BrClF. The van der Waals surface area contributed by atoms with Gasteiger partial charge in [-0.1, -0.05) is 45.7 Å². The van der Waals surface area contributed by atoms with E-state index in [1.807, 2.05) is 12.1 Å². The van der Waals surface area contributed by atoms with E-state index in [0.717, 1.165) is 23.7 Å². The third-order valence-electron chi connectivity index (χ3n) is 1.78. The van der Waals surface area contributed by atoms with E-state index < -0.39 is 0 Å². The van der Waals surface area contributed by atoms with Crippen molar-refractivity contribution in [3.63, 3.8) is 0 Å². The maximum absolute atomic E-state index is 13.0. The summed E-state index contributed by atoms with van der Waals surface area (Å²) in [7, 11) is 0. The smallest absolute Gasteiger partial charge is 0.142 e. The number of rotatable bonds is 4. The average Bonchev–Trinajstić information content (AvgIpc) is 2.18. The quantitative estimate of drug-likeness (QED) is 0.566. The molecule has 0 radical (unpaired) electrons. The first-order chi connectivity index (χ1) is 6.74. The Labute approximate surface area is 96.9 Å². The van der Waals surface area contributed by atoms with Crippen molar-refractivity contribution in [2.24, 2.45) is 0 Å². The van der Waals surface area contributed by atoms with Crippen LogP contribution in [-0.2, 0) is 6.42 Å². The normalized spacial score (nSPS) is 11.1. The lowest BCUT2D eigenvalue weighted by Gasteiger charge is -1.98. The number of alkyl halides is 1. The van der Waals surface area contributed by atoms with Gasteiger partial charge in [0.25, 0.3) is 0 Å². The number of hydrogen-bond acceptors (Lipinski definition) is 0. The largest absolute Gasteiger partial charge is 0.205 e. The van der Waals surface area contributed by atoms with Gasteiger partial charge in [0.15, 0.2) is 0 Å². The molecule has 0 saturated carbocycles. The lowest BCUT2D eigenvalue weighted by Crippen LogP contribution is -1.84. The fourth-order valence-electron chi connectivity index (χ4n) is 1.07. The highest BCUT2D eigenvalue weighted by molar-refractivity contribution is 9.09. The first kappa shape index (κ1) is 11.7. The van der Waals surface area contributed by atoms with Gasteiger partial charge < -0.3 is 0 Å². The Balaban J connectivity index is 2.55. The third-order valence-corrected chi connectivity index (χ3v) is 2.54. The standard InChI is InChI=1S/C11H11BrClF/c12-7-3-1-2-4-9-5-6-10(13)11(14)8-9/h1-2,5-6,8H,3-4,7H2/b2-1+. The Bertz CT molecular complexity index is 323. The van der Waals surface area contributed by atoms with Crippen LogP contribution in [0.25, 0.3) is 0 Å². The van der Waals surface area contributed by atoms with Crippen LogP contribution >= 0.6 is 27.5 Å². The number of hydrogen-bond donors (Lipinski definition) is 0. The predicted octanol–water partition coefficient (Wildman–Crippen LogP) is 4.36. The van der Waals surface area contributed by atoms with Crippen LogP contribution < -0.4 is 0 Å². The van der Waals surface area contributed by atoms with Crippen LogP contribution in [0.2, 0.25) is 5.02 Å². The van der Waals surface area contributed by atoms with Gasteiger partial charge in [-0.25, -0.2) is 4.39 Å². The van der Waals surface area contributed by atoms with Crippen LogP contribution in [0.15, 0.2) is 30.4 Å². The first-order valence-electron chi connectivity index (χ1n) is 4.39. The van der Waals surface area contributed by atoms with Gasteiger partial charge in [0, 0.05) is 5.33 Å². The summed E-state index contributed by atoms with van der Waals surface area (Å²) in [5, 5.41) is 1.14. The molecule has 76 valence electrons. The summed E-state index contributed by atoms with van der Waals surface area (Å²) in [6.45, 7) is 0. The van der Waals surface area contributed by atoms with Gasteiger partial charge in [0.1, 0.15) is 5.82 Å². The molecule has 0 aliphatic carbocycles. The van der Waals surface area contributed by atoms with E-state index in [2.05, 4.69) is 22.0 Å². The molecule has 0 amide bonds. The summed E-state index contributed by atoms with van der Waals surface area (Å²) in [4.78, 5) is 0. The molecule has 0 bridgehead atoms. The second-order valence-electron chi connectivity index (χ2n) is 2.90. The van der Waals surface area contributed by atoms with Crippen molar-refractivity contribution in [2.45, 2.75) is 12.8 Å². The molecule has 1 aromatic carbocycles. The van der Waals surface area contributed by atoms with E-state index in [0.29, 0.717) is 0 Å². The highest BCUT2D eigenvalue weighted by atomic mass is 79.9. The molecule has 0 fully saturated rings. The van der Waals surface area contributed by atoms with Gasteiger partial charge in [-0.2, -0.15) is 0 Å². The Hall–Kier alpha value is -0.340. The lowest BCUT2D eigenvalue weighted by molar-refractivity contribution is 0.626. The van der Waals surface area contributed by atoms with Crippen molar-refractivity contribution in [1.29, 1.82) is 0 Å². The fraction of sp³-hybridized carbons (Fsp3) is 0.273. The number of benzene rings is 1. The van der Waals surface area contributed by atoms with Gasteiger partial charge in [0.05, 0.1) is 5.02 Å². The SMILES string of the molecule is Fc1cc(C/C=C/CCBr)ccc1Cl. The van der Waals surface area contributed by atoms with Crippen molar-refractivity contribution < 1.29 is 4.39 Å². The minimum Gasteiger partial charge on any atom is -0.205 e. The van der Waals surface area contributed by atoms with Gasteiger partial charge in [-0.15, -0.1) is 0 Å². The van der Waals surface area contributed by atoms with E-state index in [4.69, 9.17) is 11.6 Å². The summed E-state index contributed by atoms with van der Waals surface area (Å²) >= 11 is 8.89. The molecule has 0 aliphatic rings. The molecular weight excluding hydrogens is 266 g/mol. The predicted molar refractivity (Wildman–Crippen MR) is 62.7 cm³/mol. The second kappa shape index (κ2) is 6.20. The maximum Gasteiger partial charge on any atom is 0.142 e. The van der Waals surface area contributed by atoms with Crippen molar-refractivity contribution in [2.75, 3.05) is 5.33 Å². The van der Waals surface area contributed by atoms with Crippen molar-refractivity contribution in [3.05, 3.63) is 46.8 Å². The van der Waals surface area contributed by atoms with Gasteiger partial charge in [0.2, 0.25) is 0 Å². The molecule has 1 rings (SSSR count). The molecule has 0 atom stereocenters. The lowest BCUT2D eigenvalue weighted by atomic mass is 10.1. The van der Waals surface area contributed by atoms with Crippen molar-refractivity contribution >= 4 is 27.5 Å². The molecule has 0 saturated heterocycles. The molecule has 0 heterocycles. The van der Waals surface area contributed by atoms with Crippen LogP contribution in [0.5, 0.6) is 0 Å². The van der Waals surface area contributed by atoms with Crippen LogP contribution in [0.4, 0.5) is 4.39 Å². The Morgan fingerprint density at radius 2 is 2.14 bits per heavy atom. The zero-order chi connectivity index (χ0) is 10.4. The zero-order valence-corrected chi connectivity index (χ0v) is 9.98. The van der Waals surface area contributed by atoms with Gasteiger partial charge in [-0.05, 0) is 30.5 Å². The van der Waals surface area contributed by atoms with E-state index in [1.165, 1.54) is 6.07 Å². The molecule has 0 N–H and O–H groups in total. The van der Waals surface area contributed by atoms with E-state index in [1.54, 1.807) is 6.07 Å². The Morgan fingerprint density at radius 1 is 1.36 bits per heavy atom. The first-order valence-corrected chi connectivity index (χ1v) is 5.89. The minimum absolute atomic E-state index is 0.179. The number of allylic oxidation sites excluding steroid dienone is 2. The molecule has 1 aromatic rings. The number of halogens is 3. The highest BCUT2D eigenvalue weighted by Crippen LogP contribution is 2.15. The van der Waals surface area contributed by atoms with Gasteiger partial charge >= 0.3 is 0 Å². The maximum atomic E-state index is 13.0. The van der Waals surface area contributed by atoms with E-state index in [-0.39, 0.29) is 10.8 Å². The Kier molecular flexibility index (Phi) is 5.20. The Morgan fingerprint density at radius 3 is 2.79 bits per heavy atom. The topological polar surface area (TPSA) is 0 Å². The minimum atomic E-state index is -0.349. The van der Waals surface area contributed by atoms with E-state index in [9.17, 15) is 4.39 Å². The molecule has 0 spiro atoms. The second-order valence-corrected chi connectivity index (χ2v) is 4.10. The van der Waals surface area contributed by atoms with Crippen LogP contribution in [0.3, 0.4) is 0 Å². The van der Waals surface area contributed by atoms with Gasteiger partial charge in [-0.3, -0.25) is 0 Å². The molecule has 3 heteroatoms. The van der Waals surface area contributed by atoms with Crippen LogP contribution in [0, 0.1) is 5.82 Å². The van der Waals surface area contributed by atoms with Crippen molar-refractivity contribution in [3.8, 4) is 0 Å². The summed E-state index contributed by atoms with van der Waals surface area (Å²) in [6.07, 6.45) is 5.85. The summed E-state index contributed by atoms with van der Waals surface area (Å²) in [5.41, 5.74) is 0.942. The molecule has 0 aromatic heterocycles. The molecule has 0 aliphatic heterocycles. The summed E-state index contributed by atoms with van der Waals surface area (Å²) < 4.78 is 13.0. The average molecular weight is 278 g/mol. The third kappa shape index (κ3) is 3.81. The zero-order valence-electron chi connectivity index (χ0n) is 7.64. The highest BCUT2D eigenvalue weighted by Gasteiger charge is 1.98. The monoisotopic (exact) mass is 276 g/mol. The van der Waals surface area contributed by atoms with Crippen LogP contribution in [0.1, 0.15) is 12.0 Å².